The zero-order chi connectivity index (χ0) is 12.0. The third-order valence-electron chi connectivity index (χ3n) is 2.23. The topological polar surface area (TPSA) is 55.2 Å². The molecule has 0 saturated carbocycles. The molecule has 5 heteroatoms. The number of benzene rings is 1. The molecule has 0 saturated heterocycles. The van der Waals surface area contributed by atoms with Crippen LogP contribution in [0.25, 0.3) is 0 Å². The predicted molar refractivity (Wildman–Crippen MR) is 69.2 cm³/mol. The summed E-state index contributed by atoms with van der Waals surface area (Å²) in [5.41, 5.74) is 0.935. The molecule has 1 atom stereocenters. The van der Waals surface area contributed by atoms with Crippen molar-refractivity contribution in [3.8, 4) is 0 Å². The van der Waals surface area contributed by atoms with Crippen molar-refractivity contribution in [1.29, 1.82) is 0 Å². The molecule has 16 heavy (non-hydrogen) atoms. The summed E-state index contributed by atoms with van der Waals surface area (Å²) in [5, 5.41) is 13.8. The van der Waals surface area contributed by atoms with E-state index in [4.69, 9.17) is 0 Å². The molecule has 0 amide bonds. The Kier molecular flexibility index (Phi) is 5.11. The monoisotopic (exact) mass is 240 g/mol. The Morgan fingerprint density at radius 1 is 1.56 bits per heavy atom. The number of nitro groups is 1. The quantitative estimate of drug-likeness (QED) is 0.613. The second-order valence-corrected chi connectivity index (χ2v) is 4.62. The minimum Gasteiger partial charge on any atom is -0.382 e. The largest absolute Gasteiger partial charge is 0.382 e. The lowest BCUT2D eigenvalue weighted by atomic mass is 10.2. The lowest BCUT2D eigenvalue weighted by Crippen LogP contribution is -2.15. The van der Waals surface area contributed by atoms with Gasteiger partial charge in [0.05, 0.1) is 4.92 Å². The van der Waals surface area contributed by atoms with Gasteiger partial charge >= 0.3 is 0 Å². The van der Waals surface area contributed by atoms with Crippen molar-refractivity contribution in [3.05, 3.63) is 34.4 Å². The van der Waals surface area contributed by atoms with E-state index >= 15 is 0 Å². The van der Waals surface area contributed by atoms with Crippen LogP contribution < -0.4 is 5.32 Å². The highest BCUT2D eigenvalue weighted by molar-refractivity contribution is 7.98. The molecule has 0 fully saturated rings. The highest BCUT2D eigenvalue weighted by Crippen LogP contribution is 2.18. The molecule has 0 aliphatic heterocycles. The van der Waals surface area contributed by atoms with E-state index in [0.717, 1.165) is 17.9 Å². The maximum absolute atomic E-state index is 10.6. The lowest BCUT2D eigenvalue weighted by Gasteiger charge is -2.14. The average molecular weight is 240 g/mol. The normalized spacial score (nSPS) is 12.1. The number of nitro benzene ring substituents is 1. The number of rotatable bonds is 6. The van der Waals surface area contributed by atoms with Crippen molar-refractivity contribution < 1.29 is 4.92 Å². The van der Waals surface area contributed by atoms with E-state index in [0.29, 0.717) is 6.04 Å². The number of anilines is 1. The van der Waals surface area contributed by atoms with Gasteiger partial charge in [-0.2, -0.15) is 11.8 Å². The molecule has 0 bridgehead atoms. The smallest absolute Gasteiger partial charge is 0.271 e. The van der Waals surface area contributed by atoms with Crippen LogP contribution in [0, 0.1) is 10.1 Å². The second kappa shape index (κ2) is 6.37. The summed E-state index contributed by atoms with van der Waals surface area (Å²) < 4.78 is 0. The molecule has 0 aromatic heterocycles. The Hall–Kier alpha value is -1.23. The van der Waals surface area contributed by atoms with Gasteiger partial charge in [-0.1, -0.05) is 6.07 Å². The summed E-state index contributed by atoms with van der Waals surface area (Å²) in [5.74, 6) is 1.09. The Morgan fingerprint density at radius 3 is 2.94 bits per heavy atom. The maximum Gasteiger partial charge on any atom is 0.271 e. The first-order valence-corrected chi connectivity index (χ1v) is 6.53. The van der Waals surface area contributed by atoms with E-state index in [1.807, 2.05) is 6.07 Å². The van der Waals surface area contributed by atoms with Crippen LogP contribution in [0.4, 0.5) is 11.4 Å². The fraction of sp³-hybridized carbons (Fsp3) is 0.455. The molecule has 88 valence electrons. The Morgan fingerprint density at radius 2 is 2.31 bits per heavy atom. The highest BCUT2D eigenvalue weighted by atomic mass is 32.2. The van der Waals surface area contributed by atoms with E-state index in [9.17, 15) is 10.1 Å². The number of hydrogen-bond acceptors (Lipinski definition) is 4. The van der Waals surface area contributed by atoms with Crippen LogP contribution in [0.1, 0.15) is 13.3 Å². The van der Waals surface area contributed by atoms with Crippen LogP contribution in [0.2, 0.25) is 0 Å². The molecular weight excluding hydrogens is 224 g/mol. The fourth-order valence-electron chi connectivity index (χ4n) is 1.36. The van der Waals surface area contributed by atoms with Gasteiger partial charge in [-0.25, -0.2) is 0 Å². The first kappa shape index (κ1) is 12.8. The summed E-state index contributed by atoms with van der Waals surface area (Å²) in [6.45, 7) is 2.08. The molecule has 1 aromatic carbocycles. The van der Waals surface area contributed by atoms with Crippen molar-refractivity contribution in [1.82, 2.24) is 0 Å². The predicted octanol–water partition coefficient (Wildman–Crippen LogP) is 3.15. The molecule has 1 unspecified atom stereocenters. The minimum absolute atomic E-state index is 0.127. The van der Waals surface area contributed by atoms with Crippen molar-refractivity contribution in [2.75, 3.05) is 17.3 Å². The summed E-state index contributed by atoms with van der Waals surface area (Å²) in [6, 6.07) is 6.94. The third-order valence-corrected chi connectivity index (χ3v) is 2.87. The van der Waals surface area contributed by atoms with Gasteiger partial charge < -0.3 is 5.32 Å². The van der Waals surface area contributed by atoms with Gasteiger partial charge in [-0.15, -0.1) is 0 Å². The summed E-state index contributed by atoms with van der Waals surface area (Å²) >= 11 is 1.80. The molecule has 0 heterocycles. The summed E-state index contributed by atoms with van der Waals surface area (Å²) in [7, 11) is 0. The van der Waals surface area contributed by atoms with Crippen LogP contribution >= 0.6 is 11.8 Å². The van der Waals surface area contributed by atoms with E-state index in [1.165, 1.54) is 6.07 Å². The van der Waals surface area contributed by atoms with Gasteiger partial charge in [-0.05, 0) is 31.4 Å². The van der Waals surface area contributed by atoms with Gasteiger partial charge in [0, 0.05) is 23.9 Å². The molecular formula is C11H16N2O2S. The molecule has 0 spiro atoms. The zero-order valence-electron chi connectivity index (χ0n) is 9.47. The van der Waals surface area contributed by atoms with Crippen LogP contribution in [-0.4, -0.2) is 23.0 Å². The van der Waals surface area contributed by atoms with Crippen molar-refractivity contribution in [2.45, 2.75) is 19.4 Å². The van der Waals surface area contributed by atoms with Crippen LogP contribution in [0.5, 0.6) is 0 Å². The van der Waals surface area contributed by atoms with E-state index in [-0.39, 0.29) is 10.6 Å². The minimum atomic E-state index is -0.377. The fourth-order valence-corrected chi connectivity index (χ4v) is 1.95. The van der Waals surface area contributed by atoms with Crippen molar-refractivity contribution in [2.24, 2.45) is 0 Å². The molecule has 0 radical (unpaired) electrons. The molecule has 0 aliphatic rings. The Labute approximate surface area is 99.6 Å². The number of thioether (sulfide) groups is 1. The summed E-state index contributed by atoms with van der Waals surface area (Å²) in [4.78, 5) is 10.2. The van der Waals surface area contributed by atoms with E-state index in [1.54, 1.807) is 23.9 Å². The number of nitrogens with one attached hydrogen (secondary N) is 1. The van der Waals surface area contributed by atoms with Gasteiger partial charge in [0.1, 0.15) is 0 Å². The van der Waals surface area contributed by atoms with Crippen molar-refractivity contribution >= 4 is 23.1 Å². The number of hydrogen-bond donors (Lipinski definition) is 1. The van der Waals surface area contributed by atoms with Gasteiger partial charge in [-0.3, -0.25) is 10.1 Å². The van der Waals surface area contributed by atoms with Crippen molar-refractivity contribution in [3.63, 3.8) is 0 Å². The van der Waals surface area contributed by atoms with E-state index < -0.39 is 0 Å². The zero-order valence-corrected chi connectivity index (χ0v) is 10.3. The molecule has 4 nitrogen and oxygen atoms in total. The number of nitrogens with zero attached hydrogens (tertiary/aromatic N) is 1. The Bertz CT molecular complexity index is 358. The van der Waals surface area contributed by atoms with Crippen LogP contribution in [-0.2, 0) is 0 Å². The summed E-state index contributed by atoms with van der Waals surface area (Å²) in [6.07, 6.45) is 3.12. The highest BCUT2D eigenvalue weighted by Gasteiger charge is 2.07. The second-order valence-electron chi connectivity index (χ2n) is 3.63. The van der Waals surface area contributed by atoms with Gasteiger partial charge in [0.2, 0.25) is 0 Å². The molecule has 1 rings (SSSR count). The van der Waals surface area contributed by atoms with Gasteiger partial charge in [0.15, 0.2) is 0 Å². The standard InChI is InChI=1S/C11H16N2O2S/c1-9(6-7-16-2)12-10-4-3-5-11(8-10)13(14)15/h3-5,8-9,12H,6-7H2,1-2H3. The Balaban J connectivity index is 2.59. The number of non-ortho nitro benzene ring substituents is 1. The SMILES string of the molecule is CSCCC(C)Nc1cccc([N+](=O)[O-])c1. The molecule has 1 aromatic rings. The average Bonchev–Trinajstić information content (AvgIpc) is 2.26. The molecule has 0 aliphatic carbocycles. The first-order chi connectivity index (χ1) is 7.63. The molecule has 1 N–H and O–H groups in total. The van der Waals surface area contributed by atoms with Gasteiger partial charge in [0.25, 0.3) is 5.69 Å². The lowest BCUT2D eigenvalue weighted by molar-refractivity contribution is -0.384. The van der Waals surface area contributed by atoms with Crippen LogP contribution in [0.15, 0.2) is 24.3 Å². The first-order valence-electron chi connectivity index (χ1n) is 5.13. The van der Waals surface area contributed by atoms with E-state index in [2.05, 4.69) is 18.5 Å². The maximum atomic E-state index is 10.6. The van der Waals surface area contributed by atoms with Crippen LogP contribution in [0.3, 0.4) is 0 Å². The third kappa shape index (κ3) is 4.10.